The van der Waals surface area contributed by atoms with E-state index in [1.54, 1.807) is 36.4 Å². The van der Waals surface area contributed by atoms with Crippen molar-refractivity contribution in [1.29, 1.82) is 0 Å². The van der Waals surface area contributed by atoms with Crippen LogP contribution in [0.15, 0.2) is 58.1 Å². The number of amides is 1. The molecule has 0 saturated carbocycles. The lowest BCUT2D eigenvalue weighted by atomic mass is 10.2. The summed E-state index contributed by atoms with van der Waals surface area (Å²) in [5, 5.41) is 7.22. The number of carbonyl (C=O) groups is 1. The SMILES string of the molecule is Cc1ccc(-n2nc(C(=O)NCc3ccc(Cl)cc3)c(=O)n(C)c2=O)cc1. The molecule has 3 rings (SSSR count). The van der Waals surface area contributed by atoms with Crippen LogP contribution >= 0.6 is 11.6 Å². The topological polar surface area (TPSA) is 86.0 Å². The molecular weight excluding hydrogens is 368 g/mol. The highest BCUT2D eigenvalue weighted by Gasteiger charge is 2.18. The van der Waals surface area contributed by atoms with Gasteiger partial charge in [-0.3, -0.25) is 14.2 Å². The highest BCUT2D eigenvalue weighted by atomic mass is 35.5. The smallest absolute Gasteiger partial charge is 0.346 e. The summed E-state index contributed by atoms with van der Waals surface area (Å²) in [5.41, 5.74) is 0.559. The number of nitrogens with one attached hydrogen (secondary N) is 1. The molecular formula is C19H17ClN4O3. The molecule has 0 unspecified atom stereocenters. The van der Waals surface area contributed by atoms with E-state index in [9.17, 15) is 14.4 Å². The van der Waals surface area contributed by atoms with Crippen LogP contribution in [-0.2, 0) is 13.6 Å². The van der Waals surface area contributed by atoms with Crippen LogP contribution in [0.1, 0.15) is 21.6 Å². The minimum absolute atomic E-state index is 0.199. The third kappa shape index (κ3) is 3.98. The molecule has 1 aromatic heterocycles. The normalized spacial score (nSPS) is 10.6. The van der Waals surface area contributed by atoms with Gasteiger partial charge in [0.2, 0.25) is 5.69 Å². The number of benzene rings is 2. The van der Waals surface area contributed by atoms with Gasteiger partial charge < -0.3 is 5.32 Å². The van der Waals surface area contributed by atoms with Crippen molar-refractivity contribution in [1.82, 2.24) is 19.7 Å². The molecule has 8 heteroatoms. The number of rotatable bonds is 4. The van der Waals surface area contributed by atoms with E-state index in [-0.39, 0.29) is 12.2 Å². The summed E-state index contributed by atoms with van der Waals surface area (Å²) in [4.78, 5) is 37.2. The number of aromatic nitrogens is 3. The molecule has 0 atom stereocenters. The van der Waals surface area contributed by atoms with Crippen LogP contribution in [0.2, 0.25) is 5.02 Å². The van der Waals surface area contributed by atoms with Crippen molar-refractivity contribution in [2.75, 3.05) is 0 Å². The maximum atomic E-state index is 12.5. The van der Waals surface area contributed by atoms with Crippen LogP contribution in [-0.4, -0.2) is 20.3 Å². The summed E-state index contributed by atoms with van der Waals surface area (Å²) in [7, 11) is 1.31. The first-order chi connectivity index (χ1) is 12.9. The fourth-order valence-electron chi connectivity index (χ4n) is 2.44. The maximum absolute atomic E-state index is 12.5. The highest BCUT2D eigenvalue weighted by Crippen LogP contribution is 2.09. The lowest BCUT2D eigenvalue weighted by Crippen LogP contribution is -2.44. The molecule has 0 fully saturated rings. The van der Waals surface area contributed by atoms with Gasteiger partial charge in [-0.1, -0.05) is 41.4 Å². The van der Waals surface area contributed by atoms with Gasteiger partial charge in [-0.15, -0.1) is 0 Å². The molecule has 7 nitrogen and oxygen atoms in total. The zero-order valence-corrected chi connectivity index (χ0v) is 15.5. The predicted octanol–water partition coefficient (Wildman–Crippen LogP) is 1.82. The molecule has 0 spiro atoms. The second-order valence-corrected chi connectivity index (χ2v) is 6.49. The first kappa shape index (κ1) is 18.6. The van der Waals surface area contributed by atoms with Crippen molar-refractivity contribution in [3.8, 4) is 5.69 Å². The Morgan fingerprint density at radius 1 is 1.07 bits per heavy atom. The Morgan fingerprint density at radius 2 is 1.70 bits per heavy atom. The number of halogens is 1. The maximum Gasteiger partial charge on any atom is 0.351 e. The summed E-state index contributed by atoms with van der Waals surface area (Å²) in [6.45, 7) is 2.11. The number of hydrogen-bond acceptors (Lipinski definition) is 4. The predicted molar refractivity (Wildman–Crippen MR) is 102 cm³/mol. The van der Waals surface area contributed by atoms with Gasteiger partial charge in [0.05, 0.1) is 5.69 Å². The van der Waals surface area contributed by atoms with Gasteiger partial charge in [0, 0.05) is 18.6 Å². The summed E-state index contributed by atoms with van der Waals surface area (Å²) in [6.07, 6.45) is 0. The Hall–Kier alpha value is -3.19. The van der Waals surface area contributed by atoms with Crippen molar-refractivity contribution in [2.24, 2.45) is 7.05 Å². The van der Waals surface area contributed by atoms with Crippen LogP contribution < -0.4 is 16.6 Å². The zero-order chi connectivity index (χ0) is 19.6. The Labute approximate surface area is 159 Å². The average Bonchev–Trinajstić information content (AvgIpc) is 2.66. The molecule has 1 amide bonds. The molecule has 1 N–H and O–H groups in total. The largest absolute Gasteiger partial charge is 0.351 e. The molecule has 138 valence electrons. The molecule has 0 bridgehead atoms. The van der Waals surface area contributed by atoms with Gasteiger partial charge in [0.1, 0.15) is 0 Å². The van der Waals surface area contributed by atoms with Crippen LogP contribution in [0.4, 0.5) is 0 Å². The number of hydrogen-bond donors (Lipinski definition) is 1. The number of nitrogens with zero attached hydrogens (tertiary/aromatic N) is 3. The van der Waals surface area contributed by atoms with Gasteiger partial charge in [0.15, 0.2) is 0 Å². The third-order valence-corrected chi connectivity index (χ3v) is 4.29. The van der Waals surface area contributed by atoms with Crippen molar-refractivity contribution in [2.45, 2.75) is 13.5 Å². The van der Waals surface area contributed by atoms with Gasteiger partial charge in [-0.05, 0) is 36.8 Å². The summed E-state index contributed by atoms with van der Waals surface area (Å²) in [6, 6.07) is 14.0. The standard InChI is InChI=1S/C19H17ClN4O3/c1-12-3-9-15(10-4-12)24-19(27)23(2)18(26)16(22-24)17(25)21-11-13-5-7-14(20)8-6-13/h3-10H,11H2,1-2H3,(H,21,25). The fourth-order valence-corrected chi connectivity index (χ4v) is 2.56. The van der Waals surface area contributed by atoms with Crippen molar-refractivity contribution >= 4 is 17.5 Å². The first-order valence-electron chi connectivity index (χ1n) is 8.17. The summed E-state index contributed by atoms with van der Waals surface area (Å²) in [5.74, 6) is -0.661. The van der Waals surface area contributed by atoms with E-state index in [1.165, 1.54) is 7.05 Å². The van der Waals surface area contributed by atoms with Crippen LogP contribution in [0.5, 0.6) is 0 Å². The van der Waals surface area contributed by atoms with E-state index in [2.05, 4.69) is 10.4 Å². The van der Waals surface area contributed by atoms with Crippen molar-refractivity contribution < 1.29 is 4.79 Å². The Morgan fingerprint density at radius 3 is 2.33 bits per heavy atom. The number of carbonyl (C=O) groups excluding carboxylic acids is 1. The van der Waals surface area contributed by atoms with Crippen molar-refractivity contribution in [3.63, 3.8) is 0 Å². The molecule has 0 aliphatic heterocycles. The van der Waals surface area contributed by atoms with E-state index in [1.807, 2.05) is 19.1 Å². The lowest BCUT2D eigenvalue weighted by molar-refractivity contribution is 0.0941. The van der Waals surface area contributed by atoms with Gasteiger partial charge in [-0.25, -0.2) is 4.79 Å². The monoisotopic (exact) mass is 384 g/mol. The van der Waals surface area contributed by atoms with E-state index in [0.29, 0.717) is 10.7 Å². The zero-order valence-electron chi connectivity index (χ0n) is 14.8. The molecule has 2 aromatic carbocycles. The Bertz CT molecular complexity index is 1100. The van der Waals surface area contributed by atoms with E-state index in [4.69, 9.17) is 11.6 Å². The molecule has 0 saturated heterocycles. The highest BCUT2D eigenvalue weighted by molar-refractivity contribution is 6.30. The summed E-state index contributed by atoms with van der Waals surface area (Å²) < 4.78 is 1.90. The van der Waals surface area contributed by atoms with Gasteiger partial charge >= 0.3 is 5.69 Å². The van der Waals surface area contributed by atoms with Crippen LogP contribution in [0.25, 0.3) is 5.69 Å². The first-order valence-corrected chi connectivity index (χ1v) is 8.54. The van der Waals surface area contributed by atoms with Crippen LogP contribution in [0.3, 0.4) is 0 Å². The van der Waals surface area contributed by atoms with Crippen LogP contribution in [0, 0.1) is 6.92 Å². The minimum Gasteiger partial charge on any atom is -0.346 e. The van der Waals surface area contributed by atoms with Gasteiger partial charge in [0.25, 0.3) is 11.5 Å². The number of aryl methyl sites for hydroxylation is 1. The molecule has 3 aromatic rings. The molecule has 1 heterocycles. The minimum atomic E-state index is -0.753. The molecule has 27 heavy (non-hydrogen) atoms. The quantitative estimate of drug-likeness (QED) is 0.743. The Balaban J connectivity index is 1.93. The van der Waals surface area contributed by atoms with Gasteiger partial charge in [-0.2, -0.15) is 9.78 Å². The average molecular weight is 385 g/mol. The second kappa shape index (κ2) is 7.59. The molecule has 0 radical (unpaired) electrons. The molecule has 0 aliphatic rings. The lowest BCUT2D eigenvalue weighted by Gasteiger charge is -2.10. The van der Waals surface area contributed by atoms with E-state index >= 15 is 0 Å². The summed E-state index contributed by atoms with van der Waals surface area (Å²) >= 11 is 5.83. The van der Waals surface area contributed by atoms with Crippen molar-refractivity contribution in [3.05, 3.63) is 91.2 Å². The van der Waals surface area contributed by atoms with E-state index in [0.717, 1.165) is 20.4 Å². The molecule has 0 aliphatic carbocycles. The van der Waals surface area contributed by atoms with E-state index < -0.39 is 17.2 Å². The second-order valence-electron chi connectivity index (χ2n) is 6.05. The Kier molecular flexibility index (Phi) is 5.23. The third-order valence-electron chi connectivity index (χ3n) is 4.04. The fraction of sp³-hybridized carbons (Fsp3) is 0.158.